The third kappa shape index (κ3) is 3.17. The van der Waals surface area contributed by atoms with Gasteiger partial charge in [-0.05, 0) is 6.42 Å². The Morgan fingerprint density at radius 2 is 2.00 bits per heavy atom. The Hall–Kier alpha value is -0.660. The molecule has 1 aliphatic heterocycles. The number of hydrogen-bond acceptors (Lipinski definition) is 3. The topological polar surface area (TPSA) is 69.7 Å². The molecule has 0 aliphatic carbocycles. The molecule has 0 radical (unpaired) electrons. The molecule has 7 heteroatoms. The van der Waals surface area contributed by atoms with Crippen LogP contribution in [0.2, 0.25) is 0 Å². The van der Waals surface area contributed by atoms with E-state index in [-0.39, 0.29) is 17.9 Å². The summed E-state index contributed by atoms with van der Waals surface area (Å²) in [6, 6.07) is -0.0498. The fourth-order valence-electron chi connectivity index (χ4n) is 1.48. The van der Waals surface area contributed by atoms with E-state index < -0.39 is 10.2 Å². The Bertz CT molecular complexity index is 374. The molecule has 100 valence electrons. The van der Waals surface area contributed by atoms with E-state index in [1.807, 2.05) is 13.8 Å². The van der Waals surface area contributed by atoms with Crippen molar-refractivity contribution in [2.45, 2.75) is 26.3 Å². The van der Waals surface area contributed by atoms with Crippen molar-refractivity contribution in [1.82, 2.24) is 13.9 Å². The first-order chi connectivity index (χ1) is 7.78. The standard InChI is InChI=1S/C10H21N3O3S/c1-5-8(2)10(14)11-9-6-13(7-9)17(15,16)12(3)4/h8-9H,5-7H2,1-4H3,(H,11,14). The highest BCUT2D eigenvalue weighted by atomic mass is 32.2. The third-order valence-corrected chi connectivity index (χ3v) is 4.92. The summed E-state index contributed by atoms with van der Waals surface area (Å²) in [6.07, 6.45) is 0.790. The number of carbonyl (C=O) groups excluding carboxylic acids is 1. The van der Waals surface area contributed by atoms with Gasteiger partial charge in [0.1, 0.15) is 0 Å². The van der Waals surface area contributed by atoms with Gasteiger partial charge in [-0.2, -0.15) is 17.0 Å². The lowest BCUT2D eigenvalue weighted by atomic mass is 10.1. The Morgan fingerprint density at radius 3 is 2.41 bits per heavy atom. The summed E-state index contributed by atoms with van der Waals surface area (Å²) in [5.74, 6) is -0.0195. The van der Waals surface area contributed by atoms with Crippen molar-refractivity contribution in [1.29, 1.82) is 0 Å². The SMILES string of the molecule is CCC(C)C(=O)NC1CN(S(=O)(=O)N(C)C)C1. The van der Waals surface area contributed by atoms with Crippen molar-refractivity contribution in [3.63, 3.8) is 0 Å². The minimum atomic E-state index is -3.32. The van der Waals surface area contributed by atoms with Crippen molar-refractivity contribution in [2.75, 3.05) is 27.2 Å². The van der Waals surface area contributed by atoms with E-state index in [0.29, 0.717) is 13.1 Å². The fourth-order valence-corrected chi connectivity index (χ4v) is 2.68. The van der Waals surface area contributed by atoms with E-state index in [0.717, 1.165) is 6.42 Å². The molecular weight excluding hydrogens is 242 g/mol. The van der Waals surface area contributed by atoms with Crippen LogP contribution in [0.25, 0.3) is 0 Å². The monoisotopic (exact) mass is 263 g/mol. The number of nitrogens with one attached hydrogen (secondary N) is 1. The van der Waals surface area contributed by atoms with Gasteiger partial charge in [-0.1, -0.05) is 13.8 Å². The summed E-state index contributed by atoms with van der Waals surface area (Å²) in [7, 11) is -0.319. The zero-order valence-corrected chi connectivity index (χ0v) is 11.6. The van der Waals surface area contributed by atoms with E-state index in [2.05, 4.69) is 5.32 Å². The molecule has 0 bridgehead atoms. The second kappa shape index (κ2) is 5.32. The van der Waals surface area contributed by atoms with Crippen LogP contribution >= 0.6 is 0 Å². The van der Waals surface area contributed by atoms with E-state index in [9.17, 15) is 13.2 Å². The molecule has 1 heterocycles. The summed E-state index contributed by atoms with van der Waals surface area (Å²) in [4.78, 5) is 11.6. The molecular formula is C10H21N3O3S. The summed E-state index contributed by atoms with van der Waals surface area (Å²) in [5, 5.41) is 2.84. The van der Waals surface area contributed by atoms with Gasteiger partial charge in [0.25, 0.3) is 10.2 Å². The van der Waals surface area contributed by atoms with E-state index >= 15 is 0 Å². The van der Waals surface area contributed by atoms with Crippen LogP contribution in [0.4, 0.5) is 0 Å². The van der Waals surface area contributed by atoms with Gasteiger partial charge in [-0.25, -0.2) is 0 Å². The minimum absolute atomic E-state index is 0.000555. The molecule has 1 saturated heterocycles. The smallest absolute Gasteiger partial charge is 0.281 e. The van der Waals surface area contributed by atoms with Crippen LogP contribution < -0.4 is 5.32 Å². The first-order valence-corrected chi connectivity index (χ1v) is 7.16. The largest absolute Gasteiger partial charge is 0.350 e. The number of carbonyl (C=O) groups is 1. The number of rotatable bonds is 5. The number of hydrogen-bond donors (Lipinski definition) is 1. The van der Waals surface area contributed by atoms with Gasteiger partial charge in [0.05, 0.1) is 6.04 Å². The molecule has 17 heavy (non-hydrogen) atoms. The van der Waals surface area contributed by atoms with Gasteiger partial charge in [0, 0.05) is 33.1 Å². The average Bonchev–Trinajstić information content (AvgIpc) is 2.20. The highest BCUT2D eigenvalue weighted by Crippen LogP contribution is 2.15. The van der Waals surface area contributed by atoms with Gasteiger partial charge in [0.15, 0.2) is 0 Å². The van der Waals surface area contributed by atoms with Crippen molar-refractivity contribution in [3.8, 4) is 0 Å². The van der Waals surface area contributed by atoms with Crippen LogP contribution in [0.1, 0.15) is 20.3 Å². The highest BCUT2D eigenvalue weighted by Gasteiger charge is 2.37. The van der Waals surface area contributed by atoms with Crippen LogP contribution in [0.3, 0.4) is 0 Å². The predicted octanol–water partition coefficient (Wildman–Crippen LogP) is -0.361. The highest BCUT2D eigenvalue weighted by molar-refractivity contribution is 7.86. The van der Waals surface area contributed by atoms with Crippen LogP contribution in [0.5, 0.6) is 0 Å². The van der Waals surface area contributed by atoms with Gasteiger partial charge >= 0.3 is 0 Å². The number of amides is 1. The zero-order valence-electron chi connectivity index (χ0n) is 10.8. The summed E-state index contributed by atoms with van der Waals surface area (Å²) in [5.41, 5.74) is 0. The van der Waals surface area contributed by atoms with E-state index in [1.165, 1.54) is 22.7 Å². The van der Waals surface area contributed by atoms with Gasteiger partial charge in [0.2, 0.25) is 5.91 Å². The molecule has 0 aromatic rings. The normalized spacial score (nSPS) is 20.1. The van der Waals surface area contributed by atoms with Crippen molar-refractivity contribution >= 4 is 16.1 Å². The van der Waals surface area contributed by atoms with Crippen molar-refractivity contribution in [3.05, 3.63) is 0 Å². The quantitative estimate of drug-likeness (QED) is 0.736. The van der Waals surface area contributed by atoms with Crippen LogP contribution in [-0.2, 0) is 15.0 Å². The lowest BCUT2D eigenvalue weighted by Crippen LogP contribution is -2.63. The third-order valence-electron chi connectivity index (χ3n) is 3.04. The summed E-state index contributed by atoms with van der Waals surface area (Å²) in [6.45, 7) is 4.54. The van der Waals surface area contributed by atoms with Crippen LogP contribution in [0, 0.1) is 5.92 Å². The molecule has 1 aliphatic rings. The van der Waals surface area contributed by atoms with Crippen LogP contribution in [-0.4, -0.2) is 56.2 Å². The summed E-state index contributed by atoms with van der Waals surface area (Å²) < 4.78 is 25.9. The lowest BCUT2D eigenvalue weighted by molar-refractivity contribution is -0.126. The van der Waals surface area contributed by atoms with Gasteiger partial charge in [-0.3, -0.25) is 4.79 Å². The Balaban J connectivity index is 2.41. The zero-order chi connectivity index (χ0) is 13.2. The Kier molecular flexibility index (Phi) is 4.51. The van der Waals surface area contributed by atoms with E-state index in [1.54, 1.807) is 0 Å². The molecule has 1 unspecified atom stereocenters. The van der Waals surface area contributed by atoms with Crippen molar-refractivity contribution < 1.29 is 13.2 Å². The first kappa shape index (κ1) is 14.4. The van der Waals surface area contributed by atoms with Gasteiger partial charge in [-0.15, -0.1) is 0 Å². The molecule has 1 atom stereocenters. The van der Waals surface area contributed by atoms with Crippen molar-refractivity contribution in [2.24, 2.45) is 5.92 Å². The molecule has 1 amide bonds. The maximum Gasteiger partial charge on any atom is 0.281 e. The van der Waals surface area contributed by atoms with Crippen LogP contribution in [0.15, 0.2) is 0 Å². The first-order valence-electron chi connectivity index (χ1n) is 5.77. The molecule has 0 aromatic carbocycles. The Labute approximate surface area is 103 Å². The molecule has 0 saturated carbocycles. The van der Waals surface area contributed by atoms with Gasteiger partial charge < -0.3 is 5.32 Å². The average molecular weight is 263 g/mol. The molecule has 0 spiro atoms. The Morgan fingerprint density at radius 1 is 1.47 bits per heavy atom. The summed E-state index contributed by atoms with van der Waals surface area (Å²) >= 11 is 0. The predicted molar refractivity (Wildman–Crippen MR) is 65.6 cm³/mol. The molecule has 1 rings (SSSR count). The molecule has 0 aromatic heterocycles. The molecule has 1 fully saturated rings. The lowest BCUT2D eigenvalue weighted by Gasteiger charge is -2.39. The molecule has 6 nitrogen and oxygen atoms in total. The molecule has 1 N–H and O–H groups in total. The maximum atomic E-state index is 11.7. The second-order valence-corrected chi connectivity index (χ2v) is 6.76. The maximum absolute atomic E-state index is 11.7. The number of nitrogens with zero attached hydrogens (tertiary/aromatic N) is 2. The fraction of sp³-hybridized carbons (Fsp3) is 0.900. The second-order valence-electron chi connectivity index (χ2n) is 4.62. The van der Waals surface area contributed by atoms with E-state index in [4.69, 9.17) is 0 Å². The minimum Gasteiger partial charge on any atom is -0.350 e.